The van der Waals surface area contributed by atoms with E-state index in [1.807, 2.05) is 41.5 Å². The molecule has 0 atom stereocenters. The molecular formula is C11H24O2. The van der Waals surface area contributed by atoms with E-state index < -0.39 is 0 Å². The van der Waals surface area contributed by atoms with Gasteiger partial charge in [0.15, 0.2) is 6.29 Å². The third-order valence-corrected chi connectivity index (χ3v) is 1.30. The van der Waals surface area contributed by atoms with Gasteiger partial charge in [0.25, 0.3) is 0 Å². The fourth-order valence-electron chi connectivity index (χ4n) is 0.979. The summed E-state index contributed by atoms with van der Waals surface area (Å²) in [7, 11) is 0. The molecule has 0 radical (unpaired) electrons. The summed E-state index contributed by atoms with van der Waals surface area (Å²) in [4.78, 5) is 0. The summed E-state index contributed by atoms with van der Waals surface area (Å²) in [5.74, 6) is 0. The van der Waals surface area contributed by atoms with E-state index in [-0.39, 0.29) is 17.5 Å². The summed E-state index contributed by atoms with van der Waals surface area (Å²) in [5.41, 5.74) is -0.266. The van der Waals surface area contributed by atoms with Gasteiger partial charge in [0.2, 0.25) is 0 Å². The highest BCUT2D eigenvalue weighted by Crippen LogP contribution is 2.19. The van der Waals surface area contributed by atoms with Gasteiger partial charge in [0, 0.05) is 0 Å². The van der Waals surface area contributed by atoms with Crippen molar-refractivity contribution >= 4 is 0 Å². The fraction of sp³-hybridized carbons (Fsp3) is 1.00. The average molecular weight is 188 g/mol. The molecule has 0 unspecified atom stereocenters. The molecule has 0 spiro atoms. The number of hydrogen-bond donors (Lipinski definition) is 0. The van der Waals surface area contributed by atoms with Crippen molar-refractivity contribution in [2.75, 3.05) is 0 Å². The van der Waals surface area contributed by atoms with Gasteiger partial charge < -0.3 is 9.47 Å². The second-order valence-corrected chi connectivity index (χ2v) is 5.30. The Hall–Kier alpha value is -0.0800. The molecule has 2 heteroatoms. The van der Waals surface area contributed by atoms with Crippen molar-refractivity contribution in [2.24, 2.45) is 0 Å². The quantitative estimate of drug-likeness (QED) is 0.632. The van der Waals surface area contributed by atoms with E-state index in [1.165, 1.54) is 0 Å². The Bertz CT molecular complexity index is 123. The second kappa shape index (κ2) is 4.43. The van der Waals surface area contributed by atoms with Gasteiger partial charge in [-0.2, -0.15) is 0 Å². The van der Waals surface area contributed by atoms with Crippen molar-refractivity contribution in [1.82, 2.24) is 0 Å². The van der Waals surface area contributed by atoms with E-state index in [9.17, 15) is 0 Å². The highest BCUT2D eigenvalue weighted by atomic mass is 16.7. The molecule has 0 aliphatic rings. The van der Waals surface area contributed by atoms with Crippen molar-refractivity contribution in [3.8, 4) is 0 Å². The molecule has 2 nitrogen and oxygen atoms in total. The SMILES string of the molecule is CCC(OC(C)(C)C)OC(C)(C)C. The maximum Gasteiger partial charge on any atom is 0.158 e. The van der Waals surface area contributed by atoms with Gasteiger partial charge in [-0.15, -0.1) is 0 Å². The standard InChI is InChI=1S/C11H24O2/c1-8-9(12-10(2,3)4)13-11(5,6)7/h9H,8H2,1-7H3. The van der Waals surface area contributed by atoms with Crippen LogP contribution in [0.15, 0.2) is 0 Å². The molecule has 0 N–H and O–H groups in total. The molecule has 0 saturated heterocycles. The van der Waals surface area contributed by atoms with E-state index >= 15 is 0 Å². The summed E-state index contributed by atoms with van der Waals surface area (Å²) in [5, 5.41) is 0. The second-order valence-electron chi connectivity index (χ2n) is 5.30. The van der Waals surface area contributed by atoms with Gasteiger partial charge in [0.1, 0.15) is 0 Å². The van der Waals surface area contributed by atoms with Gasteiger partial charge in [-0.05, 0) is 48.0 Å². The lowest BCUT2D eigenvalue weighted by Gasteiger charge is -2.32. The van der Waals surface area contributed by atoms with Crippen LogP contribution in [-0.2, 0) is 9.47 Å². The van der Waals surface area contributed by atoms with Crippen LogP contribution in [0.5, 0.6) is 0 Å². The molecule has 0 aliphatic heterocycles. The van der Waals surface area contributed by atoms with Crippen LogP contribution in [0.4, 0.5) is 0 Å². The number of hydrogen-bond acceptors (Lipinski definition) is 2. The summed E-state index contributed by atoms with van der Waals surface area (Å²) in [6.45, 7) is 14.3. The Morgan fingerprint density at radius 2 is 1.15 bits per heavy atom. The third-order valence-electron chi connectivity index (χ3n) is 1.30. The van der Waals surface area contributed by atoms with Crippen LogP contribution in [0, 0.1) is 0 Å². The van der Waals surface area contributed by atoms with Crippen molar-refractivity contribution in [3.63, 3.8) is 0 Å². The zero-order valence-corrected chi connectivity index (χ0v) is 10.1. The van der Waals surface area contributed by atoms with Gasteiger partial charge >= 0.3 is 0 Å². The monoisotopic (exact) mass is 188 g/mol. The fourth-order valence-corrected chi connectivity index (χ4v) is 0.979. The molecule has 0 saturated carbocycles. The van der Waals surface area contributed by atoms with Gasteiger partial charge in [-0.25, -0.2) is 0 Å². The van der Waals surface area contributed by atoms with Crippen molar-refractivity contribution in [1.29, 1.82) is 0 Å². The van der Waals surface area contributed by atoms with Gasteiger partial charge in [0.05, 0.1) is 11.2 Å². The number of ether oxygens (including phenoxy) is 2. The summed E-state index contributed by atoms with van der Waals surface area (Å²) >= 11 is 0. The molecule has 0 fully saturated rings. The molecule has 80 valence electrons. The molecule has 0 aliphatic carbocycles. The topological polar surface area (TPSA) is 18.5 Å². The average Bonchev–Trinajstić information content (AvgIpc) is 1.79. The molecule has 0 amide bonds. The Balaban J connectivity index is 4.05. The van der Waals surface area contributed by atoms with Crippen molar-refractivity contribution in [3.05, 3.63) is 0 Å². The predicted octanol–water partition coefficient (Wildman–Crippen LogP) is 3.35. The van der Waals surface area contributed by atoms with Crippen molar-refractivity contribution in [2.45, 2.75) is 72.4 Å². The van der Waals surface area contributed by atoms with E-state index in [4.69, 9.17) is 9.47 Å². The first-order chi connectivity index (χ1) is 5.64. The van der Waals surface area contributed by atoms with E-state index in [1.54, 1.807) is 0 Å². The Morgan fingerprint density at radius 3 is 1.31 bits per heavy atom. The van der Waals surface area contributed by atoms with Crippen LogP contribution in [0.3, 0.4) is 0 Å². The molecular weight excluding hydrogens is 164 g/mol. The smallest absolute Gasteiger partial charge is 0.158 e. The molecule has 0 aromatic rings. The molecule has 0 aromatic heterocycles. The minimum atomic E-state index is -0.133. The first-order valence-electron chi connectivity index (χ1n) is 5.00. The summed E-state index contributed by atoms with van der Waals surface area (Å²) in [6.07, 6.45) is 0.786. The van der Waals surface area contributed by atoms with Crippen LogP contribution in [0.1, 0.15) is 54.9 Å². The molecule has 13 heavy (non-hydrogen) atoms. The van der Waals surface area contributed by atoms with Gasteiger partial charge in [-0.1, -0.05) is 6.92 Å². The lowest BCUT2D eigenvalue weighted by molar-refractivity contribution is -0.234. The normalized spacial score (nSPS) is 13.8. The van der Waals surface area contributed by atoms with Crippen LogP contribution in [0.25, 0.3) is 0 Å². The minimum absolute atomic E-state index is 0.0972. The maximum absolute atomic E-state index is 5.74. The molecule has 0 rings (SSSR count). The van der Waals surface area contributed by atoms with Crippen molar-refractivity contribution < 1.29 is 9.47 Å². The summed E-state index contributed by atoms with van der Waals surface area (Å²) in [6, 6.07) is 0. The Kier molecular flexibility index (Phi) is 4.40. The maximum atomic E-state index is 5.74. The minimum Gasteiger partial charge on any atom is -0.347 e. The largest absolute Gasteiger partial charge is 0.347 e. The third kappa shape index (κ3) is 8.26. The summed E-state index contributed by atoms with van der Waals surface area (Å²) < 4.78 is 11.5. The van der Waals surface area contributed by atoms with Crippen LogP contribution >= 0.6 is 0 Å². The van der Waals surface area contributed by atoms with Gasteiger partial charge in [-0.3, -0.25) is 0 Å². The predicted molar refractivity (Wildman–Crippen MR) is 55.8 cm³/mol. The zero-order valence-electron chi connectivity index (χ0n) is 10.1. The Labute approximate surface area is 82.6 Å². The molecule has 0 bridgehead atoms. The highest BCUT2D eigenvalue weighted by molar-refractivity contribution is 4.64. The highest BCUT2D eigenvalue weighted by Gasteiger charge is 2.22. The first-order valence-corrected chi connectivity index (χ1v) is 5.00. The molecule has 0 heterocycles. The van der Waals surface area contributed by atoms with E-state index in [0.717, 1.165) is 6.42 Å². The lowest BCUT2D eigenvalue weighted by Crippen LogP contribution is -2.34. The Morgan fingerprint density at radius 1 is 0.846 bits per heavy atom. The van der Waals surface area contributed by atoms with E-state index in [2.05, 4.69) is 6.92 Å². The van der Waals surface area contributed by atoms with Crippen LogP contribution in [-0.4, -0.2) is 17.5 Å². The van der Waals surface area contributed by atoms with Crippen LogP contribution < -0.4 is 0 Å². The number of rotatable bonds is 3. The van der Waals surface area contributed by atoms with E-state index in [0.29, 0.717) is 0 Å². The first kappa shape index (κ1) is 12.9. The lowest BCUT2D eigenvalue weighted by atomic mass is 10.2. The zero-order chi connectivity index (χ0) is 10.7. The van der Waals surface area contributed by atoms with Crippen LogP contribution in [0.2, 0.25) is 0 Å². The molecule has 0 aromatic carbocycles.